The van der Waals surface area contributed by atoms with Crippen LogP contribution in [0.2, 0.25) is 0 Å². The third-order valence-corrected chi connectivity index (χ3v) is 5.48. The van der Waals surface area contributed by atoms with Crippen molar-refractivity contribution in [2.75, 3.05) is 18.0 Å². The summed E-state index contributed by atoms with van der Waals surface area (Å²) in [6.07, 6.45) is 0.620. The Morgan fingerprint density at radius 3 is 2.75 bits per heavy atom. The molecule has 0 saturated heterocycles. The van der Waals surface area contributed by atoms with Crippen LogP contribution in [0.1, 0.15) is 12.5 Å². The van der Waals surface area contributed by atoms with Gasteiger partial charge in [-0.15, -0.1) is 0 Å². The molecule has 0 amide bonds. The van der Waals surface area contributed by atoms with Crippen LogP contribution in [0.3, 0.4) is 0 Å². The second-order valence-corrected chi connectivity index (χ2v) is 7.01. The van der Waals surface area contributed by atoms with Crippen molar-refractivity contribution in [2.45, 2.75) is 24.6 Å². The van der Waals surface area contributed by atoms with Crippen LogP contribution in [0.25, 0.3) is 0 Å². The van der Waals surface area contributed by atoms with E-state index in [1.54, 1.807) is 12.1 Å². The molecule has 0 aromatic heterocycles. The van der Waals surface area contributed by atoms with E-state index >= 15 is 0 Å². The van der Waals surface area contributed by atoms with E-state index < -0.39 is 21.2 Å². The lowest BCUT2D eigenvalue weighted by atomic mass is 10.0. The largest absolute Gasteiger partial charge is 0.468 e. The number of fused-ring (bicyclic) bond motifs is 1. The molecule has 7 heteroatoms. The maximum atomic E-state index is 12.6. The van der Waals surface area contributed by atoms with Gasteiger partial charge in [0, 0.05) is 12.6 Å². The molecule has 1 aliphatic rings. The molecule has 0 aliphatic carbocycles. The number of para-hydroxylation sites is 1. The molecule has 1 aliphatic heterocycles. The highest BCUT2D eigenvalue weighted by Gasteiger charge is 2.38. The van der Waals surface area contributed by atoms with Crippen LogP contribution in [-0.4, -0.2) is 39.3 Å². The molecule has 2 rings (SSSR count). The number of rotatable bonds is 3. The van der Waals surface area contributed by atoms with E-state index in [0.29, 0.717) is 12.1 Å². The van der Waals surface area contributed by atoms with Crippen LogP contribution in [-0.2, 0) is 26.0 Å². The standard InChI is InChI=1S/C13H18N2O4S/c1-9(13(16)19-2)20(17,18)15-8-11(14)7-10-5-3-4-6-12(10)15/h3-6,9,11H,7-8,14H2,1-2H3. The highest BCUT2D eigenvalue weighted by molar-refractivity contribution is 7.94. The summed E-state index contributed by atoms with van der Waals surface area (Å²) in [7, 11) is -2.67. The lowest BCUT2D eigenvalue weighted by Gasteiger charge is -2.34. The van der Waals surface area contributed by atoms with Crippen molar-refractivity contribution in [3.63, 3.8) is 0 Å². The number of anilines is 1. The predicted octanol–water partition coefficient (Wildman–Crippen LogP) is 0.268. The highest BCUT2D eigenvalue weighted by atomic mass is 32.2. The predicted molar refractivity (Wildman–Crippen MR) is 75.9 cm³/mol. The first-order valence-corrected chi connectivity index (χ1v) is 7.81. The summed E-state index contributed by atoms with van der Waals surface area (Å²) in [4.78, 5) is 11.5. The van der Waals surface area contributed by atoms with Crippen LogP contribution in [0.5, 0.6) is 0 Å². The van der Waals surface area contributed by atoms with E-state index in [0.717, 1.165) is 5.56 Å². The minimum atomic E-state index is -3.84. The Labute approximate surface area is 118 Å². The SMILES string of the molecule is COC(=O)C(C)S(=O)(=O)N1CC(N)Cc2ccccc21. The van der Waals surface area contributed by atoms with Crippen molar-refractivity contribution in [1.82, 2.24) is 0 Å². The fourth-order valence-corrected chi connectivity index (χ4v) is 3.88. The number of carbonyl (C=O) groups excluding carboxylic acids is 1. The zero-order chi connectivity index (χ0) is 14.9. The van der Waals surface area contributed by atoms with Gasteiger partial charge < -0.3 is 10.5 Å². The molecule has 20 heavy (non-hydrogen) atoms. The lowest BCUT2D eigenvalue weighted by Crippen LogP contribution is -2.50. The molecule has 1 heterocycles. The van der Waals surface area contributed by atoms with Gasteiger partial charge in [-0.3, -0.25) is 9.10 Å². The first-order valence-electron chi connectivity index (χ1n) is 6.30. The van der Waals surface area contributed by atoms with Crippen molar-refractivity contribution in [1.29, 1.82) is 0 Å². The Bertz CT molecular complexity index is 615. The van der Waals surface area contributed by atoms with Crippen LogP contribution in [0, 0.1) is 0 Å². The number of nitrogens with two attached hydrogens (primary N) is 1. The molecule has 0 bridgehead atoms. The van der Waals surface area contributed by atoms with Gasteiger partial charge in [0.1, 0.15) is 0 Å². The summed E-state index contributed by atoms with van der Waals surface area (Å²) in [6, 6.07) is 6.89. The van der Waals surface area contributed by atoms with Gasteiger partial charge in [0.25, 0.3) is 0 Å². The first kappa shape index (κ1) is 14.8. The summed E-state index contributed by atoms with van der Waals surface area (Å²) >= 11 is 0. The fraction of sp³-hybridized carbons (Fsp3) is 0.462. The summed E-state index contributed by atoms with van der Waals surface area (Å²) in [6.45, 7) is 1.49. The molecule has 1 aromatic rings. The topological polar surface area (TPSA) is 89.7 Å². The Hall–Kier alpha value is -1.60. The molecule has 0 fully saturated rings. The number of hydrogen-bond donors (Lipinski definition) is 1. The minimum absolute atomic E-state index is 0.167. The molecule has 0 spiro atoms. The maximum absolute atomic E-state index is 12.6. The number of sulfonamides is 1. The van der Waals surface area contributed by atoms with Gasteiger partial charge in [0.05, 0.1) is 12.8 Å². The van der Waals surface area contributed by atoms with Gasteiger partial charge in [-0.1, -0.05) is 18.2 Å². The molecule has 2 atom stereocenters. The number of ether oxygens (including phenoxy) is 1. The minimum Gasteiger partial charge on any atom is -0.468 e. The number of methoxy groups -OCH3 is 1. The number of benzene rings is 1. The first-order chi connectivity index (χ1) is 9.37. The third-order valence-electron chi connectivity index (χ3n) is 3.43. The van der Waals surface area contributed by atoms with Crippen molar-refractivity contribution < 1.29 is 17.9 Å². The Kier molecular flexibility index (Phi) is 4.01. The maximum Gasteiger partial charge on any atom is 0.325 e. The van der Waals surface area contributed by atoms with Crippen molar-refractivity contribution in [3.8, 4) is 0 Å². The number of carbonyl (C=O) groups is 1. The van der Waals surface area contributed by atoms with Gasteiger partial charge in [0.15, 0.2) is 5.25 Å². The normalized spacial score (nSPS) is 20.1. The van der Waals surface area contributed by atoms with E-state index in [1.807, 2.05) is 12.1 Å². The van der Waals surface area contributed by atoms with E-state index in [9.17, 15) is 13.2 Å². The van der Waals surface area contributed by atoms with Crippen molar-refractivity contribution in [3.05, 3.63) is 29.8 Å². The second-order valence-electron chi connectivity index (χ2n) is 4.83. The molecule has 6 nitrogen and oxygen atoms in total. The van der Waals surface area contributed by atoms with Gasteiger partial charge >= 0.3 is 5.97 Å². The molecule has 0 radical (unpaired) electrons. The molecule has 0 saturated carbocycles. The number of nitrogens with zero attached hydrogens (tertiary/aromatic N) is 1. The smallest absolute Gasteiger partial charge is 0.325 e. The lowest BCUT2D eigenvalue weighted by molar-refractivity contribution is -0.139. The van der Waals surface area contributed by atoms with Crippen LogP contribution in [0.15, 0.2) is 24.3 Å². The van der Waals surface area contributed by atoms with E-state index in [1.165, 1.54) is 18.3 Å². The van der Waals surface area contributed by atoms with Gasteiger partial charge in [-0.25, -0.2) is 8.42 Å². The highest BCUT2D eigenvalue weighted by Crippen LogP contribution is 2.30. The van der Waals surface area contributed by atoms with Crippen molar-refractivity contribution >= 4 is 21.7 Å². The number of hydrogen-bond acceptors (Lipinski definition) is 5. The Balaban J connectivity index is 2.45. The quantitative estimate of drug-likeness (QED) is 0.809. The molecule has 2 unspecified atom stereocenters. The summed E-state index contributed by atoms with van der Waals surface area (Å²) in [5.41, 5.74) is 7.38. The van der Waals surface area contributed by atoms with Crippen LogP contribution >= 0.6 is 0 Å². The Morgan fingerprint density at radius 2 is 2.10 bits per heavy atom. The van der Waals surface area contributed by atoms with Crippen LogP contribution < -0.4 is 10.0 Å². The van der Waals surface area contributed by atoms with Gasteiger partial charge in [0.2, 0.25) is 10.0 Å². The summed E-state index contributed by atoms with van der Waals surface area (Å²) < 4.78 is 30.9. The zero-order valence-electron chi connectivity index (χ0n) is 11.4. The molecular formula is C13H18N2O4S. The monoisotopic (exact) mass is 298 g/mol. The molecular weight excluding hydrogens is 280 g/mol. The Morgan fingerprint density at radius 1 is 1.45 bits per heavy atom. The van der Waals surface area contributed by atoms with Crippen molar-refractivity contribution in [2.24, 2.45) is 5.73 Å². The van der Waals surface area contributed by atoms with Crippen LogP contribution in [0.4, 0.5) is 5.69 Å². The summed E-state index contributed by atoms with van der Waals surface area (Å²) in [5, 5.41) is -1.26. The van der Waals surface area contributed by atoms with E-state index in [-0.39, 0.29) is 12.6 Å². The number of esters is 1. The molecule has 2 N–H and O–H groups in total. The molecule has 1 aromatic carbocycles. The molecule has 110 valence electrons. The summed E-state index contributed by atoms with van der Waals surface area (Å²) in [5.74, 6) is -0.776. The van der Waals surface area contributed by atoms with Gasteiger partial charge in [-0.05, 0) is 25.0 Å². The average molecular weight is 298 g/mol. The second kappa shape index (κ2) is 5.41. The average Bonchev–Trinajstić information content (AvgIpc) is 2.44. The van der Waals surface area contributed by atoms with Gasteiger partial charge in [-0.2, -0.15) is 0 Å². The zero-order valence-corrected chi connectivity index (χ0v) is 12.3. The van der Waals surface area contributed by atoms with E-state index in [2.05, 4.69) is 4.74 Å². The third kappa shape index (κ3) is 2.51. The fourth-order valence-electron chi connectivity index (χ4n) is 2.30. The van der Waals surface area contributed by atoms with E-state index in [4.69, 9.17) is 5.73 Å².